The number of halogens is 1. The topological polar surface area (TPSA) is 65.8 Å². The maximum absolute atomic E-state index is 12.0. The Morgan fingerprint density at radius 3 is 2.71 bits per heavy atom. The van der Waals surface area contributed by atoms with Crippen molar-refractivity contribution in [1.29, 1.82) is 5.26 Å². The SMILES string of the molecule is N#CC1(C(=O)Nc2ccc(Cl)cn2)CCCC1. The standard InChI is InChI=1S/C12H12ClN3O/c13-9-3-4-10(15-7-9)16-11(17)12(8-14)5-1-2-6-12/h3-4,7H,1-2,5-6H2,(H,15,16,17). The average molecular weight is 250 g/mol. The predicted molar refractivity (Wildman–Crippen MR) is 64.4 cm³/mol. The summed E-state index contributed by atoms with van der Waals surface area (Å²) in [6, 6.07) is 5.42. The number of pyridine rings is 1. The number of hydrogen-bond acceptors (Lipinski definition) is 3. The molecule has 0 saturated heterocycles. The average Bonchev–Trinajstić information content (AvgIpc) is 2.82. The number of nitrogens with one attached hydrogen (secondary N) is 1. The van der Waals surface area contributed by atoms with Crippen LogP contribution < -0.4 is 5.32 Å². The van der Waals surface area contributed by atoms with Crippen LogP contribution in [0.4, 0.5) is 5.82 Å². The number of aromatic nitrogens is 1. The fraction of sp³-hybridized carbons (Fsp3) is 0.417. The third-order valence-electron chi connectivity index (χ3n) is 3.07. The largest absolute Gasteiger partial charge is 0.309 e. The maximum atomic E-state index is 12.0. The number of anilines is 1. The summed E-state index contributed by atoms with van der Waals surface area (Å²) in [5, 5.41) is 12.3. The molecule has 0 aliphatic heterocycles. The molecule has 0 spiro atoms. The molecule has 1 saturated carbocycles. The zero-order valence-corrected chi connectivity index (χ0v) is 10.00. The highest BCUT2D eigenvalue weighted by molar-refractivity contribution is 6.30. The Kier molecular flexibility index (Phi) is 3.30. The lowest BCUT2D eigenvalue weighted by Gasteiger charge is -2.18. The molecule has 0 atom stereocenters. The Labute approximate surface area is 105 Å². The van der Waals surface area contributed by atoms with Crippen LogP contribution in [-0.2, 0) is 4.79 Å². The van der Waals surface area contributed by atoms with Gasteiger partial charge < -0.3 is 5.32 Å². The van der Waals surface area contributed by atoms with Crippen molar-refractivity contribution in [3.8, 4) is 6.07 Å². The van der Waals surface area contributed by atoms with Crippen LogP contribution in [0.15, 0.2) is 18.3 Å². The smallest absolute Gasteiger partial charge is 0.246 e. The normalized spacial score (nSPS) is 17.4. The molecule has 17 heavy (non-hydrogen) atoms. The first kappa shape index (κ1) is 11.9. The summed E-state index contributed by atoms with van der Waals surface area (Å²) in [7, 11) is 0. The van der Waals surface area contributed by atoms with E-state index >= 15 is 0 Å². The lowest BCUT2D eigenvalue weighted by atomic mass is 9.87. The Balaban J connectivity index is 2.11. The lowest BCUT2D eigenvalue weighted by molar-refractivity contribution is -0.122. The summed E-state index contributed by atoms with van der Waals surface area (Å²) < 4.78 is 0. The third-order valence-corrected chi connectivity index (χ3v) is 3.30. The van der Waals surface area contributed by atoms with E-state index < -0.39 is 5.41 Å². The van der Waals surface area contributed by atoms with Crippen LogP contribution in [0.2, 0.25) is 5.02 Å². The van der Waals surface area contributed by atoms with E-state index in [9.17, 15) is 4.79 Å². The van der Waals surface area contributed by atoms with E-state index in [1.54, 1.807) is 12.1 Å². The summed E-state index contributed by atoms with van der Waals surface area (Å²) in [6.45, 7) is 0. The van der Waals surface area contributed by atoms with Crippen LogP contribution in [0.25, 0.3) is 0 Å². The van der Waals surface area contributed by atoms with Crippen LogP contribution >= 0.6 is 11.6 Å². The highest BCUT2D eigenvalue weighted by Crippen LogP contribution is 2.38. The van der Waals surface area contributed by atoms with E-state index in [4.69, 9.17) is 16.9 Å². The van der Waals surface area contributed by atoms with Crippen molar-refractivity contribution >= 4 is 23.3 Å². The van der Waals surface area contributed by atoms with E-state index in [1.807, 2.05) is 0 Å². The van der Waals surface area contributed by atoms with E-state index in [2.05, 4.69) is 16.4 Å². The number of carbonyl (C=O) groups excluding carboxylic acids is 1. The molecule has 1 N–H and O–H groups in total. The molecule has 0 bridgehead atoms. The monoisotopic (exact) mass is 249 g/mol. The fourth-order valence-electron chi connectivity index (χ4n) is 2.05. The van der Waals surface area contributed by atoms with E-state index in [0.717, 1.165) is 12.8 Å². The zero-order valence-electron chi connectivity index (χ0n) is 9.24. The van der Waals surface area contributed by atoms with Gasteiger partial charge in [-0.3, -0.25) is 4.79 Å². The summed E-state index contributed by atoms with van der Waals surface area (Å²) in [5.41, 5.74) is -0.874. The van der Waals surface area contributed by atoms with Crippen molar-refractivity contribution in [2.45, 2.75) is 25.7 Å². The summed E-state index contributed by atoms with van der Waals surface area (Å²) in [4.78, 5) is 16.0. The highest BCUT2D eigenvalue weighted by Gasteiger charge is 2.41. The highest BCUT2D eigenvalue weighted by atomic mass is 35.5. The Hall–Kier alpha value is -1.60. The summed E-state index contributed by atoms with van der Waals surface area (Å²) >= 11 is 5.70. The van der Waals surface area contributed by atoms with Gasteiger partial charge in [0.05, 0.1) is 11.1 Å². The molecular weight excluding hydrogens is 238 g/mol. The van der Waals surface area contributed by atoms with Gasteiger partial charge in [0.2, 0.25) is 5.91 Å². The first-order chi connectivity index (χ1) is 8.16. The zero-order chi connectivity index (χ0) is 12.3. The molecule has 1 fully saturated rings. The molecule has 1 aliphatic carbocycles. The molecule has 0 unspecified atom stereocenters. The number of nitriles is 1. The number of amides is 1. The van der Waals surface area contributed by atoms with Crippen LogP contribution in [0.1, 0.15) is 25.7 Å². The molecule has 1 aliphatic rings. The molecule has 0 radical (unpaired) electrons. The Bertz CT molecular complexity index is 458. The molecule has 1 aromatic rings. The first-order valence-corrected chi connectivity index (χ1v) is 5.88. The minimum atomic E-state index is -0.874. The van der Waals surface area contributed by atoms with Crippen molar-refractivity contribution in [3.05, 3.63) is 23.4 Å². The van der Waals surface area contributed by atoms with Gasteiger partial charge in [0, 0.05) is 6.20 Å². The molecule has 1 aromatic heterocycles. The maximum Gasteiger partial charge on any atom is 0.246 e. The minimum absolute atomic E-state index is 0.257. The van der Waals surface area contributed by atoms with Gasteiger partial charge in [0.1, 0.15) is 11.2 Å². The molecule has 1 amide bonds. The number of carbonyl (C=O) groups is 1. The third kappa shape index (κ3) is 2.40. The Morgan fingerprint density at radius 1 is 1.47 bits per heavy atom. The van der Waals surface area contributed by atoms with Gasteiger partial charge >= 0.3 is 0 Å². The van der Waals surface area contributed by atoms with Crippen LogP contribution in [0, 0.1) is 16.7 Å². The lowest BCUT2D eigenvalue weighted by Crippen LogP contribution is -2.32. The Morgan fingerprint density at radius 2 is 2.18 bits per heavy atom. The molecular formula is C12H12ClN3O. The summed E-state index contributed by atoms with van der Waals surface area (Å²) in [6.07, 6.45) is 4.57. The molecule has 1 heterocycles. The van der Waals surface area contributed by atoms with Crippen LogP contribution in [0.5, 0.6) is 0 Å². The second kappa shape index (κ2) is 4.72. The number of nitrogens with zero attached hydrogens (tertiary/aromatic N) is 2. The quantitative estimate of drug-likeness (QED) is 0.876. The van der Waals surface area contributed by atoms with Crippen molar-refractivity contribution in [3.63, 3.8) is 0 Å². The summed E-state index contributed by atoms with van der Waals surface area (Å²) in [5.74, 6) is 0.174. The van der Waals surface area contributed by atoms with Gasteiger partial charge in [-0.05, 0) is 25.0 Å². The van der Waals surface area contributed by atoms with Crippen molar-refractivity contribution in [1.82, 2.24) is 4.98 Å². The van der Waals surface area contributed by atoms with Gasteiger partial charge in [0.25, 0.3) is 0 Å². The number of rotatable bonds is 2. The second-order valence-corrected chi connectivity index (χ2v) is 4.65. The van der Waals surface area contributed by atoms with Crippen molar-refractivity contribution in [2.24, 2.45) is 5.41 Å². The van der Waals surface area contributed by atoms with E-state index in [1.165, 1.54) is 6.20 Å². The second-order valence-electron chi connectivity index (χ2n) is 4.22. The van der Waals surface area contributed by atoms with Crippen molar-refractivity contribution in [2.75, 3.05) is 5.32 Å². The number of hydrogen-bond donors (Lipinski definition) is 1. The molecule has 4 nitrogen and oxygen atoms in total. The van der Waals surface area contributed by atoms with E-state index in [0.29, 0.717) is 23.7 Å². The first-order valence-electron chi connectivity index (χ1n) is 5.50. The van der Waals surface area contributed by atoms with Crippen molar-refractivity contribution < 1.29 is 4.79 Å². The van der Waals surface area contributed by atoms with E-state index in [-0.39, 0.29) is 5.91 Å². The molecule has 5 heteroatoms. The molecule has 0 aromatic carbocycles. The van der Waals surface area contributed by atoms with Gasteiger partial charge in [-0.2, -0.15) is 5.26 Å². The van der Waals surface area contributed by atoms with Gasteiger partial charge in [-0.1, -0.05) is 24.4 Å². The van der Waals surface area contributed by atoms with Crippen LogP contribution in [0.3, 0.4) is 0 Å². The molecule has 2 rings (SSSR count). The van der Waals surface area contributed by atoms with Crippen LogP contribution in [-0.4, -0.2) is 10.9 Å². The molecule has 88 valence electrons. The fourth-order valence-corrected chi connectivity index (χ4v) is 2.17. The van der Waals surface area contributed by atoms with Gasteiger partial charge in [-0.15, -0.1) is 0 Å². The predicted octanol–water partition coefficient (Wildman–Crippen LogP) is 2.76. The minimum Gasteiger partial charge on any atom is -0.309 e. The van der Waals surface area contributed by atoms with Gasteiger partial charge in [0.15, 0.2) is 0 Å². The van der Waals surface area contributed by atoms with Gasteiger partial charge in [-0.25, -0.2) is 4.98 Å².